The molecule has 1 aliphatic heterocycles. The fourth-order valence-corrected chi connectivity index (χ4v) is 2.09. The highest BCUT2D eigenvalue weighted by Crippen LogP contribution is 2.14. The molecule has 1 atom stereocenters. The topological polar surface area (TPSA) is 101 Å². The maximum Gasteiger partial charge on any atom is 0.268 e. The van der Waals surface area contributed by atoms with Gasteiger partial charge >= 0.3 is 0 Å². The van der Waals surface area contributed by atoms with Crippen LogP contribution in [0.15, 0.2) is 12.4 Å². The largest absolute Gasteiger partial charge is 0.364 e. The lowest BCUT2D eigenvalue weighted by molar-refractivity contribution is -0.129. The SMILES string of the molecule is CCC(=O)N1CCC(Nc2cncc(C(N)=O)n2)C1. The average Bonchev–Trinajstić information content (AvgIpc) is 2.86. The molecule has 3 N–H and O–H groups in total. The Balaban J connectivity index is 1.97. The van der Waals surface area contributed by atoms with Gasteiger partial charge in [0.1, 0.15) is 11.5 Å². The number of aromatic nitrogens is 2. The van der Waals surface area contributed by atoms with Crippen molar-refractivity contribution in [3.8, 4) is 0 Å². The number of carbonyl (C=O) groups is 2. The molecule has 0 spiro atoms. The van der Waals surface area contributed by atoms with Gasteiger partial charge in [0, 0.05) is 25.6 Å². The highest BCUT2D eigenvalue weighted by molar-refractivity contribution is 5.90. The summed E-state index contributed by atoms with van der Waals surface area (Å²) < 4.78 is 0. The minimum Gasteiger partial charge on any atom is -0.364 e. The van der Waals surface area contributed by atoms with Gasteiger partial charge in [-0.3, -0.25) is 14.6 Å². The minimum absolute atomic E-state index is 0.129. The summed E-state index contributed by atoms with van der Waals surface area (Å²) in [6.07, 6.45) is 4.24. The van der Waals surface area contributed by atoms with E-state index in [-0.39, 0.29) is 17.6 Å². The standard InChI is InChI=1S/C12H17N5O2/c1-2-11(18)17-4-3-8(7-17)15-10-6-14-5-9(16-10)12(13)19/h5-6,8H,2-4,7H2,1H3,(H2,13,19)(H,15,16). The molecule has 102 valence electrons. The van der Waals surface area contributed by atoms with Crippen LogP contribution in [0.25, 0.3) is 0 Å². The van der Waals surface area contributed by atoms with Crippen LogP contribution in [-0.2, 0) is 4.79 Å². The number of amides is 2. The van der Waals surface area contributed by atoms with Gasteiger partial charge in [-0.05, 0) is 6.42 Å². The summed E-state index contributed by atoms with van der Waals surface area (Å²) in [6.45, 7) is 3.24. The molecule has 1 aromatic rings. The van der Waals surface area contributed by atoms with E-state index in [4.69, 9.17) is 5.73 Å². The summed E-state index contributed by atoms with van der Waals surface area (Å²) in [7, 11) is 0. The second kappa shape index (κ2) is 5.64. The van der Waals surface area contributed by atoms with Gasteiger partial charge in [0.15, 0.2) is 0 Å². The molecule has 1 fully saturated rings. The van der Waals surface area contributed by atoms with Crippen molar-refractivity contribution in [3.63, 3.8) is 0 Å². The fraction of sp³-hybridized carbons (Fsp3) is 0.500. The van der Waals surface area contributed by atoms with Crippen LogP contribution in [0.5, 0.6) is 0 Å². The van der Waals surface area contributed by atoms with E-state index in [1.165, 1.54) is 12.4 Å². The maximum atomic E-state index is 11.6. The highest BCUT2D eigenvalue weighted by atomic mass is 16.2. The molecule has 0 aliphatic carbocycles. The summed E-state index contributed by atoms with van der Waals surface area (Å²) in [5.74, 6) is 0.0544. The normalized spacial score (nSPS) is 18.4. The van der Waals surface area contributed by atoms with Gasteiger partial charge in [0.05, 0.1) is 12.4 Å². The summed E-state index contributed by atoms with van der Waals surface area (Å²) in [6, 6.07) is 0.132. The zero-order chi connectivity index (χ0) is 13.8. The molecule has 0 bridgehead atoms. The lowest BCUT2D eigenvalue weighted by atomic mass is 10.2. The molecule has 0 radical (unpaired) electrons. The Kier molecular flexibility index (Phi) is 3.94. The molecule has 19 heavy (non-hydrogen) atoms. The number of primary amides is 1. The number of hydrogen-bond acceptors (Lipinski definition) is 5. The van der Waals surface area contributed by atoms with Gasteiger partial charge in [-0.1, -0.05) is 6.92 Å². The Labute approximate surface area is 111 Å². The zero-order valence-electron chi connectivity index (χ0n) is 10.8. The molecule has 2 heterocycles. The van der Waals surface area contributed by atoms with Gasteiger partial charge in [-0.2, -0.15) is 0 Å². The van der Waals surface area contributed by atoms with E-state index < -0.39 is 5.91 Å². The van der Waals surface area contributed by atoms with E-state index in [0.717, 1.165) is 13.0 Å². The first-order chi connectivity index (χ1) is 9.10. The first-order valence-corrected chi connectivity index (χ1v) is 6.26. The Bertz CT molecular complexity index is 491. The van der Waals surface area contributed by atoms with Gasteiger partial charge in [0.25, 0.3) is 5.91 Å². The number of nitrogens with zero attached hydrogens (tertiary/aromatic N) is 3. The van der Waals surface area contributed by atoms with Crippen molar-refractivity contribution in [1.29, 1.82) is 0 Å². The molecule has 0 aromatic carbocycles. The summed E-state index contributed by atoms with van der Waals surface area (Å²) in [5, 5.41) is 3.17. The molecule has 7 nitrogen and oxygen atoms in total. The average molecular weight is 263 g/mol. The molecule has 1 unspecified atom stereocenters. The van der Waals surface area contributed by atoms with E-state index in [9.17, 15) is 9.59 Å². The number of hydrogen-bond donors (Lipinski definition) is 2. The molecule has 1 saturated heterocycles. The van der Waals surface area contributed by atoms with Crippen molar-refractivity contribution in [3.05, 3.63) is 18.1 Å². The second-order valence-corrected chi connectivity index (χ2v) is 4.48. The zero-order valence-corrected chi connectivity index (χ0v) is 10.8. The van der Waals surface area contributed by atoms with Crippen LogP contribution in [0.3, 0.4) is 0 Å². The summed E-state index contributed by atoms with van der Waals surface area (Å²) in [5.41, 5.74) is 5.28. The summed E-state index contributed by atoms with van der Waals surface area (Å²) >= 11 is 0. The third kappa shape index (κ3) is 3.18. The summed E-state index contributed by atoms with van der Waals surface area (Å²) in [4.78, 5) is 32.4. The molecule has 7 heteroatoms. The van der Waals surface area contributed by atoms with Gasteiger partial charge in [0.2, 0.25) is 5.91 Å². The minimum atomic E-state index is -0.606. The number of nitrogens with two attached hydrogens (primary N) is 1. The van der Waals surface area contributed by atoms with E-state index in [1.807, 2.05) is 11.8 Å². The van der Waals surface area contributed by atoms with Crippen LogP contribution in [-0.4, -0.2) is 45.8 Å². The quantitative estimate of drug-likeness (QED) is 0.796. The van der Waals surface area contributed by atoms with Crippen molar-refractivity contribution in [1.82, 2.24) is 14.9 Å². The Hall–Kier alpha value is -2.18. The maximum absolute atomic E-state index is 11.6. The van der Waals surface area contributed by atoms with Crippen molar-refractivity contribution < 1.29 is 9.59 Å². The van der Waals surface area contributed by atoms with Crippen molar-refractivity contribution >= 4 is 17.6 Å². The third-order valence-corrected chi connectivity index (χ3v) is 3.08. The van der Waals surface area contributed by atoms with Gasteiger partial charge < -0.3 is 16.0 Å². The molecule has 1 aromatic heterocycles. The molecular weight excluding hydrogens is 246 g/mol. The van der Waals surface area contributed by atoms with E-state index in [1.54, 1.807) is 0 Å². The first kappa shape index (κ1) is 13.3. The van der Waals surface area contributed by atoms with Crippen LogP contribution in [0, 0.1) is 0 Å². The number of rotatable bonds is 4. The number of likely N-dealkylation sites (tertiary alicyclic amines) is 1. The van der Waals surface area contributed by atoms with Crippen molar-refractivity contribution in [2.75, 3.05) is 18.4 Å². The molecular formula is C12H17N5O2. The number of anilines is 1. The molecule has 1 aliphatic rings. The van der Waals surface area contributed by atoms with E-state index in [0.29, 0.717) is 18.8 Å². The van der Waals surface area contributed by atoms with Gasteiger partial charge in [-0.15, -0.1) is 0 Å². The predicted octanol–water partition coefficient (Wildman–Crippen LogP) is -0.00170. The molecule has 0 saturated carbocycles. The number of nitrogens with one attached hydrogen (secondary N) is 1. The third-order valence-electron chi connectivity index (χ3n) is 3.08. The van der Waals surface area contributed by atoms with Crippen LogP contribution in [0.4, 0.5) is 5.82 Å². The van der Waals surface area contributed by atoms with E-state index >= 15 is 0 Å². The molecule has 2 rings (SSSR count). The van der Waals surface area contributed by atoms with Crippen molar-refractivity contribution in [2.24, 2.45) is 5.73 Å². The van der Waals surface area contributed by atoms with Crippen LogP contribution in [0.1, 0.15) is 30.3 Å². The van der Waals surface area contributed by atoms with Crippen LogP contribution >= 0.6 is 0 Å². The fourth-order valence-electron chi connectivity index (χ4n) is 2.09. The monoisotopic (exact) mass is 263 g/mol. The Morgan fingerprint density at radius 1 is 1.53 bits per heavy atom. The molecule has 2 amide bonds. The first-order valence-electron chi connectivity index (χ1n) is 6.26. The predicted molar refractivity (Wildman–Crippen MR) is 69.4 cm³/mol. The van der Waals surface area contributed by atoms with E-state index in [2.05, 4.69) is 15.3 Å². The second-order valence-electron chi connectivity index (χ2n) is 4.48. The lowest BCUT2D eigenvalue weighted by Crippen LogP contribution is -2.31. The Morgan fingerprint density at radius 2 is 2.32 bits per heavy atom. The van der Waals surface area contributed by atoms with Crippen LogP contribution < -0.4 is 11.1 Å². The number of carbonyl (C=O) groups excluding carboxylic acids is 2. The smallest absolute Gasteiger partial charge is 0.268 e. The Morgan fingerprint density at radius 3 is 3.00 bits per heavy atom. The highest BCUT2D eigenvalue weighted by Gasteiger charge is 2.25. The lowest BCUT2D eigenvalue weighted by Gasteiger charge is -2.16. The van der Waals surface area contributed by atoms with Crippen LogP contribution in [0.2, 0.25) is 0 Å². The van der Waals surface area contributed by atoms with Crippen molar-refractivity contribution in [2.45, 2.75) is 25.8 Å². The van der Waals surface area contributed by atoms with Gasteiger partial charge in [-0.25, -0.2) is 4.98 Å².